The van der Waals surface area contributed by atoms with Gasteiger partial charge in [0.15, 0.2) is 4.77 Å². The van der Waals surface area contributed by atoms with Crippen LogP contribution in [0.4, 0.5) is 0 Å². The molecule has 2 aromatic rings. The van der Waals surface area contributed by atoms with Crippen LogP contribution >= 0.6 is 23.6 Å². The summed E-state index contributed by atoms with van der Waals surface area (Å²) in [6.45, 7) is 5.09. The highest BCUT2D eigenvalue weighted by Gasteiger charge is 2.08. The number of nitrogens with one attached hydrogen (secondary N) is 1. The van der Waals surface area contributed by atoms with Gasteiger partial charge in [0.2, 0.25) is 0 Å². The van der Waals surface area contributed by atoms with Gasteiger partial charge in [0.05, 0.1) is 17.7 Å². The summed E-state index contributed by atoms with van der Waals surface area (Å²) in [7, 11) is 0. The summed E-state index contributed by atoms with van der Waals surface area (Å²) in [5.74, 6) is 0.469. The van der Waals surface area contributed by atoms with Crippen LogP contribution in [0, 0.1) is 4.77 Å². The van der Waals surface area contributed by atoms with Gasteiger partial charge in [-0.15, -0.1) is 11.3 Å². The quantitative estimate of drug-likeness (QED) is 0.835. The van der Waals surface area contributed by atoms with Crippen molar-refractivity contribution in [2.45, 2.75) is 26.3 Å². The highest BCUT2D eigenvalue weighted by molar-refractivity contribution is 7.71. The van der Waals surface area contributed by atoms with E-state index < -0.39 is 0 Å². The van der Waals surface area contributed by atoms with Gasteiger partial charge >= 0.3 is 0 Å². The summed E-state index contributed by atoms with van der Waals surface area (Å²) < 4.78 is 2.88. The van der Waals surface area contributed by atoms with Crippen LogP contribution in [0.5, 0.6) is 0 Å². The third kappa shape index (κ3) is 2.18. The first-order valence-electron chi connectivity index (χ1n) is 4.83. The second kappa shape index (κ2) is 4.28. The fraction of sp³-hybridized carbons (Fsp3) is 0.400. The Hall–Kier alpha value is -0.940. The summed E-state index contributed by atoms with van der Waals surface area (Å²) in [5.41, 5.74) is 4.14. The lowest BCUT2D eigenvalue weighted by Crippen LogP contribution is -2.05. The summed E-state index contributed by atoms with van der Waals surface area (Å²) in [5, 5.41) is 2.05. The molecule has 0 aromatic carbocycles. The minimum atomic E-state index is 0.469. The minimum absolute atomic E-state index is 0.469. The molecule has 0 aliphatic rings. The molecular formula is C10H13N3S2. The lowest BCUT2D eigenvalue weighted by Gasteiger charge is -2.09. The van der Waals surface area contributed by atoms with Gasteiger partial charge in [0.1, 0.15) is 0 Å². The molecule has 0 unspecified atom stereocenters. The maximum atomic E-state index is 5.25. The van der Waals surface area contributed by atoms with Crippen molar-refractivity contribution in [1.29, 1.82) is 0 Å². The van der Waals surface area contributed by atoms with Crippen LogP contribution in [0.2, 0.25) is 0 Å². The van der Waals surface area contributed by atoms with E-state index in [1.54, 1.807) is 11.3 Å². The van der Waals surface area contributed by atoms with Crippen molar-refractivity contribution in [3.05, 3.63) is 33.2 Å². The molecule has 0 saturated carbocycles. The Morgan fingerprint density at radius 1 is 1.60 bits per heavy atom. The number of imidazole rings is 1. The average Bonchev–Trinajstić information content (AvgIpc) is 2.78. The molecule has 0 bridgehead atoms. The van der Waals surface area contributed by atoms with Crippen LogP contribution in [0.1, 0.15) is 31.2 Å². The normalized spacial score (nSPS) is 11.1. The van der Waals surface area contributed by atoms with Crippen LogP contribution in [-0.2, 0) is 6.54 Å². The number of H-pyrrole nitrogens is 1. The van der Waals surface area contributed by atoms with Gasteiger partial charge in [0.25, 0.3) is 0 Å². The number of hydrogen-bond donors (Lipinski definition) is 1. The Kier molecular flexibility index (Phi) is 3.02. The standard InChI is InChI=1S/C10H13N3S2/c1-7(2)9-3-11-10(14)13(9)4-8-5-15-6-12-8/h3,5-7H,4H2,1-2H3,(H,11,14). The predicted octanol–water partition coefficient (Wildman–Crippen LogP) is 3.17. The number of hydrogen-bond acceptors (Lipinski definition) is 3. The monoisotopic (exact) mass is 239 g/mol. The molecule has 0 fully saturated rings. The van der Waals surface area contributed by atoms with Crippen LogP contribution in [0.3, 0.4) is 0 Å². The molecule has 0 amide bonds. The topological polar surface area (TPSA) is 33.6 Å². The molecule has 0 radical (unpaired) electrons. The van der Waals surface area contributed by atoms with Gasteiger partial charge in [-0.05, 0) is 18.1 Å². The van der Waals surface area contributed by atoms with Crippen molar-refractivity contribution in [2.75, 3.05) is 0 Å². The Morgan fingerprint density at radius 2 is 2.40 bits per heavy atom. The molecular weight excluding hydrogens is 226 g/mol. The highest BCUT2D eigenvalue weighted by atomic mass is 32.1. The first-order valence-corrected chi connectivity index (χ1v) is 6.18. The molecule has 0 aliphatic heterocycles. The number of aromatic amines is 1. The Balaban J connectivity index is 2.35. The lowest BCUT2D eigenvalue weighted by molar-refractivity contribution is 0.676. The van der Waals surface area contributed by atoms with E-state index in [-0.39, 0.29) is 0 Å². The molecule has 5 heteroatoms. The fourth-order valence-corrected chi connectivity index (χ4v) is 2.31. The number of thiazole rings is 1. The van der Waals surface area contributed by atoms with Gasteiger partial charge in [-0.3, -0.25) is 0 Å². The van der Waals surface area contributed by atoms with Crippen LogP contribution in [0.15, 0.2) is 17.1 Å². The Morgan fingerprint density at radius 3 is 3.00 bits per heavy atom. The Bertz CT molecular complexity index is 479. The number of nitrogens with zero attached hydrogens (tertiary/aromatic N) is 2. The van der Waals surface area contributed by atoms with E-state index in [9.17, 15) is 0 Å². The molecule has 0 spiro atoms. The summed E-state index contributed by atoms with van der Waals surface area (Å²) in [6.07, 6.45) is 1.99. The zero-order valence-corrected chi connectivity index (χ0v) is 10.4. The van der Waals surface area contributed by atoms with E-state index in [1.165, 1.54) is 5.69 Å². The van der Waals surface area contributed by atoms with Gasteiger partial charge in [-0.25, -0.2) is 4.98 Å². The van der Waals surface area contributed by atoms with Gasteiger partial charge in [-0.2, -0.15) is 0 Å². The second-order valence-electron chi connectivity index (χ2n) is 3.74. The fourth-order valence-electron chi connectivity index (χ4n) is 1.53. The van der Waals surface area contributed by atoms with Crippen molar-refractivity contribution >= 4 is 23.6 Å². The van der Waals surface area contributed by atoms with Crippen molar-refractivity contribution in [3.63, 3.8) is 0 Å². The third-order valence-corrected chi connectivity index (χ3v) is 3.27. The van der Waals surface area contributed by atoms with Crippen LogP contribution in [0.25, 0.3) is 0 Å². The molecule has 15 heavy (non-hydrogen) atoms. The van der Waals surface area contributed by atoms with E-state index in [4.69, 9.17) is 12.2 Å². The average molecular weight is 239 g/mol. The van der Waals surface area contributed by atoms with Crippen molar-refractivity contribution in [3.8, 4) is 0 Å². The highest BCUT2D eigenvalue weighted by Crippen LogP contribution is 2.16. The smallest absolute Gasteiger partial charge is 0.177 e. The molecule has 0 saturated heterocycles. The van der Waals surface area contributed by atoms with Gasteiger partial charge in [0, 0.05) is 17.3 Å². The summed E-state index contributed by atoms with van der Waals surface area (Å²) >= 11 is 6.86. The summed E-state index contributed by atoms with van der Waals surface area (Å²) in [4.78, 5) is 7.35. The molecule has 2 rings (SSSR count). The molecule has 80 valence electrons. The second-order valence-corrected chi connectivity index (χ2v) is 4.84. The van der Waals surface area contributed by atoms with E-state index in [0.717, 1.165) is 17.0 Å². The molecule has 1 N–H and O–H groups in total. The molecule has 2 aromatic heterocycles. The maximum Gasteiger partial charge on any atom is 0.177 e. The van der Waals surface area contributed by atoms with E-state index in [2.05, 4.69) is 33.8 Å². The molecule has 2 heterocycles. The zero-order chi connectivity index (χ0) is 10.8. The summed E-state index contributed by atoms with van der Waals surface area (Å²) in [6, 6.07) is 0. The first-order chi connectivity index (χ1) is 7.18. The SMILES string of the molecule is CC(C)c1c[nH]c(=S)n1Cc1cscn1. The number of rotatable bonds is 3. The van der Waals surface area contributed by atoms with Crippen molar-refractivity contribution in [1.82, 2.24) is 14.5 Å². The maximum absolute atomic E-state index is 5.25. The minimum Gasteiger partial charge on any atom is -0.337 e. The van der Waals surface area contributed by atoms with Crippen LogP contribution < -0.4 is 0 Å². The van der Waals surface area contributed by atoms with Gasteiger partial charge < -0.3 is 9.55 Å². The van der Waals surface area contributed by atoms with Crippen LogP contribution in [-0.4, -0.2) is 14.5 Å². The predicted molar refractivity (Wildman–Crippen MR) is 64.9 cm³/mol. The Labute approximate surface area is 97.8 Å². The largest absolute Gasteiger partial charge is 0.337 e. The van der Waals surface area contributed by atoms with E-state index in [0.29, 0.717) is 5.92 Å². The van der Waals surface area contributed by atoms with Crippen molar-refractivity contribution < 1.29 is 0 Å². The van der Waals surface area contributed by atoms with Gasteiger partial charge in [-0.1, -0.05) is 13.8 Å². The molecule has 3 nitrogen and oxygen atoms in total. The van der Waals surface area contributed by atoms with E-state index >= 15 is 0 Å². The number of aromatic nitrogens is 3. The third-order valence-electron chi connectivity index (χ3n) is 2.30. The lowest BCUT2D eigenvalue weighted by atomic mass is 10.1. The first kappa shape index (κ1) is 10.6. The van der Waals surface area contributed by atoms with E-state index in [1.807, 2.05) is 11.7 Å². The molecule has 0 atom stereocenters. The van der Waals surface area contributed by atoms with Crippen molar-refractivity contribution in [2.24, 2.45) is 0 Å². The zero-order valence-electron chi connectivity index (χ0n) is 8.73. The molecule has 0 aliphatic carbocycles.